The fourth-order valence-corrected chi connectivity index (χ4v) is 11.2. The van der Waals surface area contributed by atoms with Crippen molar-refractivity contribution in [1.29, 1.82) is 0 Å². The molecule has 11 aromatic rings. The maximum atomic E-state index is 2.49. The molecule has 0 bridgehead atoms. The normalized spacial score (nSPS) is 12.5. The van der Waals surface area contributed by atoms with E-state index in [0.29, 0.717) is 0 Å². The molecule has 0 aromatic heterocycles. The van der Waals surface area contributed by atoms with Crippen molar-refractivity contribution >= 4 is 17.1 Å². The second-order valence-corrected chi connectivity index (χ2v) is 18.0. The van der Waals surface area contributed by atoms with E-state index in [1.807, 2.05) is 0 Å². The van der Waals surface area contributed by atoms with Gasteiger partial charge in [0.05, 0.1) is 5.41 Å². The highest BCUT2D eigenvalue weighted by molar-refractivity contribution is 5.98. The monoisotopic (exact) mass is 863 g/mol. The molecule has 1 spiro atoms. The first kappa shape index (κ1) is 39.6. The van der Waals surface area contributed by atoms with Crippen molar-refractivity contribution in [1.82, 2.24) is 0 Å². The maximum Gasteiger partial charge on any atom is 0.0725 e. The Bertz CT molecular complexity index is 3560. The van der Waals surface area contributed by atoms with E-state index in [-0.39, 0.29) is 0 Å². The summed E-state index contributed by atoms with van der Waals surface area (Å²) >= 11 is 0. The fourth-order valence-electron chi connectivity index (χ4n) is 11.2. The van der Waals surface area contributed by atoms with Gasteiger partial charge in [-0.15, -0.1) is 0 Å². The molecule has 0 fully saturated rings. The van der Waals surface area contributed by atoms with Crippen molar-refractivity contribution in [3.05, 3.63) is 295 Å². The number of anilines is 3. The standard InChI is InChI=1S/C67H45N/c1-3-15-46(16-4-1)48-27-29-49(30-28-48)51-33-40-55(41-34-51)68(54-38-31-50(32-39-54)47-17-5-2-6-18-47)56-42-35-52(36-43-56)53-37-44-62-61-23-11-14-26-65(61)67(66(62)45-53)63-24-12-9-21-59(63)57-19-7-8-20-58(57)60-22-10-13-25-64(60)67/h1-45H. The number of fused-ring (bicyclic) bond motifs is 12. The number of hydrogen-bond donors (Lipinski definition) is 0. The number of benzene rings is 11. The third kappa shape index (κ3) is 6.39. The Labute approximate surface area is 398 Å². The van der Waals surface area contributed by atoms with Crippen molar-refractivity contribution in [3.63, 3.8) is 0 Å². The van der Waals surface area contributed by atoms with Gasteiger partial charge in [0.25, 0.3) is 0 Å². The van der Waals surface area contributed by atoms with Crippen LogP contribution in [-0.2, 0) is 5.41 Å². The van der Waals surface area contributed by atoms with Crippen LogP contribution in [0, 0.1) is 0 Å². The van der Waals surface area contributed by atoms with E-state index in [2.05, 4.69) is 278 Å². The van der Waals surface area contributed by atoms with E-state index in [4.69, 9.17) is 0 Å². The third-order valence-electron chi connectivity index (χ3n) is 14.4. The van der Waals surface area contributed by atoms with E-state index in [0.717, 1.165) is 17.1 Å². The molecule has 0 saturated carbocycles. The molecule has 0 amide bonds. The summed E-state index contributed by atoms with van der Waals surface area (Å²) in [5, 5.41) is 0. The van der Waals surface area contributed by atoms with Crippen LogP contribution in [0.3, 0.4) is 0 Å². The average molecular weight is 864 g/mol. The summed E-state index contributed by atoms with van der Waals surface area (Å²) in [6.07, 6.45) is 0. The Morgan fingerprint density at radius 3 is 0.853 bits per heavy atom. The Morgan fingerprint density at radius 1 is 0.191 bits per heavy atom. The first-order valence-corrected chi connectivity index (χ1v) is 23.6. The SMILES string of the molecule is c1ccc(-c2ccc(-c3ccc(N(c4ccc(-c5ccccc5)cc4)c4ccc(-c5ccc6c(c5)C5(c7ccccc7-c7ccccc7-c7ccccc75)c5ccccc5-6)cc4)cc3)cc2)cc1. The van der Waals surface area contributed by atoms with Crippen molar-refractivity contribution in [2.24, 2.45) is 0 Å². The van der Waals surface area contributed by atoms with Gasteiger partial charge >= 0.3 is 0 Å². The molecule has 0 heterocycles. The lowest BCUT2D eigenvalue weighted by atomic mass is 9.65. The molecule has 2 aliphatic rings. The van der Waals surface area contributed by atoms with Crippen LogP contribution < -0.4 is 4.90 Å². The van der Waals surface area contributed by atoms with Gasteiger partial charge in [-0.3, -0.25) is 0 Å². The average Bonchev–Trinajstić information content (AvgIpc) is 3.66. The molecule has 2 aliphatic carbocycles. The number of nitrogens with zero attached hydrogens (tertiary/aromatic N) is 1. The van der Waals surface area contributed by atoms with Gasteiger partial charge in [0.1, 0.15) is 0 Å². The van der Waals surface area contributed by atoms with E-state index < -0.39 is 5.41 Å². The molecule has 1 nitrogen and oxygen atoms in total. The van der Waals surface area contributed by atoms with Gasteiger partial charge in [-0.2, -0.15) is 0 Å². The van der Waals surface area contributed by atoms with Crippen LogP contribution in [0.2, 0.25) is 0 Å². The van der Waals surface area contributed by atoms with E-state index in [1.54, 1.807) is 0 Å². The van der Waals surface area contributed by atoms with Gasteiger partial charge in [-0.25, -0.2) is 0 Å². The van der Waals surface area contributed by atoms with Gasteiger partial charge in [0.15, 0.2) is 0 Å². The Hall–Kier alpha value is -8.78. The predicted octanol–water partition coefficient (Wildman–Crippen LogP) is 17.8. The topological polar surface area (TPSA) is 3.24 Å². The minimum atomic E-state index is -0.521. The molecule has 0 atom stereocenters. The highest BCUT2D eigenvalue weighted by atomic mass is 15.1. The van der Waals surface area contributed by atoms with Crippen LogP contribution in [0.15, 0.2) is 273 Å². The van der Waals surface area contributed by atoms with Crippen LogP contribution in [0.1, 0.15) is 22.3 Å². The zero-order valence-electron chi connectivity index (χ0n) is 37.4. The molecule has 0 unspecified atom stereocenters. The maximum absolute atomic E-state index is 2.49. The molecule has 318 valence electrons. The summed E-state index contributed by atoms with van der Waals surface area (Å²) in [6.45, 7) is 0. The molecule has 0 aliphatic heterocycles. The summed E-state index contributed by atoms with van der Waals surface area (Å²) < 4.78 is 0. The molecular weight excluding hydrogens is 819 g/mol. The van der Waals surface area contributed by atoms with Gasteiger partial charge in [-0.05, 0) is 143 Å². The summed E-state index contributed by atoms with van der Waals surface area (Å²) in [6, 6.07) is 101. The van der Waals surface area contributed by atoms with Crippen LogP contribution >= 0.6 is 0 Å². The van der Waals surface area contributed by atoms with Gasteiger partial charge in [0, 0.05) is 17.1 Å². The zero-order valence-corrected chi connectivity index (χ0v) is 37.4. The smallest absolute Gasteiger partial charge is 0.0725 e. The minimum Gasteiger partial charge on any atom is -0.311 e. The summed E-state index contributed by atoms with van der Waals surface area (Å²) in [5.74, 6) is 0. The molecule has 68 heavy (non-hydrogen) atoms. The van der Waals surface area contributed by atoms with Crippen molar-refractivity contribution in [2.45, 2.75) is 5.41 Å². The van der Waals surface area contributed by atoms with Crippen LogP contribution in [0.25, 0.3) is 77.9 Å². The van der Waals surface area contributed by atoms with Crippen LogP contribution in [-0.4, -0.2) is 0 Å². The predicted molar refractivity (Wildman–Crippen MR) is 285 cm³/mol. The van der Waals surface area contributed by atoms with E-state index in [1.165, 1.54) is 100 Å². The van der Waals surface area contributed by atoms with Crippen molar-refractivity contribution in [3.8, 4) is 77.9 Å². The van der Waals surface area contributed by atoms with Gasteiger partial charge in [0.2, 0.25) is 0 Å². The molecule has 11 aromatic carbocycles. The van der Waals surface area contributed by atoms with Gasteiger partial charge < -0.3 is 4.90 Å². The third-order valence-corrected chi connectivity index (χ3v) is 14.4. The zero-order chi connectivity index (χ0) is 45.0. The van der Waals surface area contributed by atoms with Crippen molar-refractivity contribution in [2.75, 3.05) is 4.90 Å². The molecule has 1 heteroatoms. The molecule has 0 radical (unpaired) electrons. The van der Waals surface area contributed by atoms with E-state index in [9.17, 15) is 0 Å². The Balaban J connectivity index is 0.910. The molecule has 0 N–H and O–H groups in total. The van der Waals surface area contributed by atoms with E-state index >= 15 is 0 Å². The Kier molecular flexibility index (Phi) is 9.47. The Morgan fingerprint density at radius 2 is 0.456 bits per heavy atom. The highest BCUT2D eigenvalue weighted by Gasteiger charge is 2.49. The lowest BCUT2D eigenvalue weighted by molar-refractivity contribution is 0.775. The first-order chi connectivity index (χ1) is 33.7. The first-order valence-electron chi connectivity index (χ1n) is 23.6. The molecule has 0 saturated heterocycles. The molecular formula is C67H45N. The van der Waals surface area contributed by atoms with Crippen LogP contribution in [0.4, 0.5) is 17.1 Å². The lowest BCUT2D eigenvalue weighted by Crippen LogP contribution is -2.29. The van der Waals surface area contributed by atoms with Crippen molar-refractivity contribution < 1.29 is 0 Å². The number of rotatable bonds is 7. The highest BCUT2D eigenvalue weighted by Crippen LogP contribution is 2.61. The summed E-state index contributed by atoms with van der Waals surface area (Å²) in [5.41, 5.74) is 25.3. The summed E-state index contributed by atoms with van der Waals surface area (Å²) in [4.78, 5) is 2.37. The second-order valence-electron chi connectivity index (χ2n) is 18.0. The van der Waals surface area contributed by atoms with Crippen LogP contribution in [0.5, 0.6) is 0 Å². The second kappa shape index (κ2) is 16.3. The fraction of sp³-hybridized carbons (Fsp3) is 0.0149. The van der Waals surface area contributed by atoms with Gasteiger partial charge in [-0.1, -0.05) is 231 Å². The number of hydrogen-bond acceptors (Lipinski definition) is 1. The molecule has 13 rings (SSSR count). The quantitative estimate of drug-likeness (QED) is 0.154. The lowest BCUT2D eigenvalue weighted by Gasteiger charge is -2.35. The largest absolute Gasteiger partial charge is 0.311 e. The minimum absolute atomic E-state index is 0.521. The summed E-state index contributed by atoms with van der Waals surface area (Å²) in [7, 11) is 0.